The van der Waals surface area contributed by atoms with E-state index in [4.69, 9.17) is 4.42 Å². The molecule has 0 radical (unpaired) electrons. The van der Waals surface area contributed by atoms with Gasteiger partial charge in [-0.15, -0.1) is 0 Å². The Labute approximate surface area is 108 Å². The fraction of sp³-hybridized carbons (Fsp3) is 0.800. The van der Waals surface area contributed by atoms with Gasteiger partial charge in [-0.3, -0.25) is 0 Å². The SMILES string of the molecule is CC12CC3CC(C1)CC(c1ocnc1CO)(C3)C2. The maximum Gasteiger partial charge on any atom is 0.181 e. The van der Waals surface area contributed by atoms with E-state index in [9.17, 15) is 5.11 Å². The molecular weight excluding hydrogens is 226 g/mol. The molecule has 98 valence electrons. The fourth-order valence-electron chi connectivity index (χ4n) is 5.80. The highest BCUT2D eigenvalue weighted by molar-refractivity contribution is 5.25. The Morgan fingerprint density at radius 3 is 2.67 bits per heavy atom. The lowest BCUT2D eigenvalue weighted by Crippen LogP contribution is -2.53. The third kappa shape index (κ3) is 1.37. The summed E-state index contributed by atoms with van der Waals surface area (Å²) in [7, 11) is 0. The molecule has 4 aliphatic carbocycles. The average Bonchev–Trinajstić information content (AvgIpc) is 2.73. The van der Waals surface area contributed by atoms with Gasteiger partial charge in [0.2, 0.25) is 0 Å². The summed E-state index contributed by atoms with van der Waals surface area (Å²) < 4.78 is 5.71. The Kier molecular flexibility index (Phi) is 2.07. The Morgan fingerprint density at radius 1 is 1.33 bits per heavy atom. The predicted molar refractivity (Wildman–Crippen MR) is 66.9 cm³/mol. The Balaban J connectivity index is 1.80. The van der Waals surface area contributed by atoms with E-state index >= 15 is 0 Å². The normalized spacial score (nSPS) is 45.7. The van der Waals surface area contributed by atoms with Crippen LogP contribution in [0.15, 0.2) is 10.8 Å². The molecule has 4 fully saturated rings. The molecular formula is C15H21NO2. The van der Waals surface area contributed by atoms with Crippen molar-refractivity contribution in [3.05, 3.63) is 17.8 Å². The zero-order valence-electron chi connectivity index (χ0n) is 11.0. The number of oxazole rings is 1. The first-order valence-electron chi connectivity index (χ1n) is 7.16. The standard InChI is InChI=1S/C15H21NO2/c1-14-3-10-2-11(4-14)6-15(5-10,8-14)13-12(7-17)16-9-18-13/h9-11,17H,2-8H2,1H3. The largest absolute Gasteiger partial charge is 0.448 e. The summed E-state index contributed by atoms with van der Waals surface area (Å²) in [6.07, 6.45) is 9.46. The summed E-state index contributed by atoms with van der Waals surface area (Å²) in [4.78, 5) is 4.20. The average molecular weight is 247 g/mol. The molecule has 0 spiro atoms. The molecule has 2 atom stereocenters. The molecule has 1 aromatic heterocycles. The van der Waals surface area contributed by atoms with Gasteiger partial charge in [0.25, 0.3) is 0 Å². The molecule has 4 bridgehead atoms. The van der Waals surface area contributed by atoms with Crippen LogP contribution in [0.1, 0.15) is 56.9 Å². The highest BCUT2D eigenvalue weighted by Crippen LogP contribution is 2.65. The molecule has 1 N–H and O–H groups in total. The van der Waals surface area contributed by atoms with Crippen molar-refractivity contribution < 1.29 is 9.52 Å². The van der Waals surface area contributed by atoms with Gasteiger partial charge in [-0.05, 0) is 55.8 Å². The van der Waals surface area contributed by atoms with Gasteiger partial charge in [-0.1, -0.05) is 6.92 Å². The minimum Gasteiger partial charge on any atom is -0.448 e. The highest BCUT2D eigenvalue weighted by atomic mass is 16.3. The smallest absolute Gasteiger partial charge is 0.181 e. The van der Waals surface area contributed by atoms with Gasteiger partial charge in [-0.25, -0.2) is 4.98 Å². The number of aromatic nitrogens is 1. The second-order valence-corrected chi connectivity index (χ2v) is 7.34. The van der Waals surface area contributed by atoms with E-state index in [2.05, 4.69) is 11.9 Å². The minimum atomic E-state index is 0.0135. The lowest BCUT2D eigenvalue weighted by atomic mass is 9.44. The van der Waals surface area contributed by atoms with E-state index in [0.29, 0.717) is 5.41 Å². The van der Waals surface area contributed by atoms with Gasteiger partial charge in [0, 0.05) is 5.41 Å². The lowest BCUT2D eigenvalue weighted by molar-refractivity contribution is -0.0696. The van der Waals surface area contributed by atoms with Crippen LogP contribution in [0.4, 0.5) is 0 Å². The van der Waals surface area contributed by atoms with Crippen molar-refractivity contribution in [2.75, 3.05) is 0 Å². The Morgan fingerprint density at radius 2 is 2.06 bits per heavy atom. The number of rotatable bonds is 2. The van der Waals surface area contributed by atoms with Gasteiger partial charge in [-0.2, -0.15) is 0 Å². The van der Waals surface area contributed by atoms with E-state index in [1.807, 2.05) is 0 Å². The van der Waals surface area contributed by atoms with Gasteiger partial charge in [0.15, 0.2) is 6.39 Å². The van der Waals surface area contributed by atoms with E-state index in [0.717, 1.165) is 23.3 Å². The first-order chi connectivity index (χ1) is 8.62. The number of hydrogen-bond acceptors (Lipinski definition) is 3. The van der Waals surface area contributed by atoms with Crippen molar-refractivity contribution in [2.45, 2.75) is 57.5 Å². The summed E-state index contributed by atoms with van der Waals surface area (Å²) >= 11 is 0. The molecule has 0 aromatic carbocycles. The van der Waals surface area contributed by atoms with Crippen LogP contribution in [0, 0.1) is 17.3 Å². The molecule has 5 rings (SSSR count). The number of aliphatic hydroxyl groups is 1. The Bertz CT molecular complexity index is 465. The number of hydrogen-bond donors (Lipinski definition) is 1. The first kappa shape index (κ1) is 11.0. The van der Waals surface area contributed by atoms with Crippen LogP contribution in [0.2, 0.25) is 0 Å². The zero-order chi connectivity index (χ0) is 12.4. The molecule has 0 saturated heterocycles. The number of nitrogens with zero attached hydrogens (tertiary/aromatic N) is 1. The quantitative estimate of drug-likeness (QED) is 0.873. The summed E-state index contributed by atoms with van der Waals surface area (Å²) in [6, 6.07) is 0. The number of aliphatic hydroxyl groups excluding tert-OH is 1. The van der Waals surface area contributed by atoms with E-state index in [-0.39, 0.29) is 12.0 Å². The van der Waals surface area contributed by atoms with Crippen molar-refractivity contribution in [1.82, 2.24) is 4.98 Å². The van der Waals surface area contributed by atoms with Gasteiger partial charge in [0.05, 0.1) is 6.61 Å². The van der Waals surface area contributed by atoms with Gasteiger partial charge in [0.1, 0.15) is 11.5 Å². The van der Waals surface area contributed by atoms with Crippen molar-refractivity contribution in [2.24, 2.45) is 17.3 Å². The molecule has 1 aromatic rings. The molecule has 0 amide bonds. The predicted octanol–water partition coefficient (Wildman–Crippen LogP) is 3.02. The summed E-state index contributed by atoms with van der Waals surface area (Å²) in [5, 5.41) is 9.45. The molecule has 0 aliphatic heterocycles. The second-order valence-electron chi connectivity index (χ2n) is 7.34. The summed E-state index contributed by atoms with van der Waals surface area (Å²) in [6.45, 7) is 2.47. The summed E-state index contributed by atoms with van der Waals surface area (Å²) in [5.41, 5.74) is 1.47. The van der Waals surface area contributed by atoms with Crippen molar-refractivity contribution in [3.63, 3.8) is 0 Å². The van der Waals surface area contributed by atoms with Crippen LogP contribution in [0.3, 0.4) is 0 Å². The van der Waals surface area contributed by atoms with Crippen LogP contribution < -0.4 is 0 Å². The molecule has 1 heterocycles. The molecule has 3 nitrogen and oxygen atoms in total. The van der Waals surface area contributed by atoms with Crippen LogP contribution in [-0.2, 0) is 12.0 Å². The van der Waals surface area contributed by atoms with Gasteiger partial charge < -0.3 is 9.52 Å². The van der Waals surface area contributed by atoms with Crippen LogP contribution in [-0.4, -0.2) is 10.1 Å². The molecule has 3 heteroatoms. The second kappa shape index (κ2) is 3.38. The van der Waals surface area contributed by atoms with Crippen molar-refractivity contribution >= 4 is 0 Å². The Hall–Kier alpha value is -0.830. The minimum absolute atomic E-state index is 0.0135. The third-order valence-electron chi connectivity index (χ3n) is 5.63. The first-order valence-corrected chi connectivity index (χ1v) is 7.16. The van der Waals surface area contributed by atoms with E-state index < -0.39 is 0 Å². The topological polar surface area (TPSA) is 46.3 Å². The van der Waals surface area contributed by atoms with Crippen molar-refractivity contribution in [3.8, 4) is 0 Å². The van der Waals surface area contributed by atoms with E-state index in [1.54, 1.807) is 0 Å². The zero-order valence-corrected chi connectivity index (χ0v) is 11.0. The lowest BCUT2D eigenvalue weighted by Gasteiger charge is -2.60. The fourth-order valence-corrected chi connectivity index (χ4v) is 5.80. The third-order valence-corrected chi connectivity index (χ3v) is 5.63. The maximum absolute atomic E-state index is 9.45. The molecule has 2 unspecified atom stereocenters. The van der Waals surface area contributed by atoms with Crippen LogP contribution in [0.25, 0.3) is 0 Å². The molecule has 4 aliphatic rings. The van der Waals surface area contributed by atoms with Crippen LogP contribution in [0.5, 0.6) is 0 Å². The molecule has 18 heavy (non-hydrogen) atoms. The van der Waals surface area contributed by atoms with Gasteiger partial charge >= 0.3 is 0 Å². The van der Waals surface area contributed by atoms with Crippen molar-refractivity contribution in [1.29, 1.82) is 0 Å². The molecule has 4 saturated carbocycles. The van der Waals surface area contributed by atoms with Crippen LogP contribution >= 0.6 is 0 Å². The maximum atomic E-state index is 9.45. The van der Waals surface area contributed by atoms with E-state index in [1.165, 1.54) is 44.9 Å². The monoisotopic (exact) mass is 247 g/mol. The highest BCUT2D eigenvalue weighted by Gasteiger charge is 2.58. The summed E-state index contributed by atoms with van der Waals surface area (Å²) in [5.74, 6) is 2.74.